The molecule has 1 heterocycles. The Morgan fingerprint density at radius 1 is 0.828 bits per heavy atom. The second-order valence-corrected chi connectivity index (χ2v) is 8.65. The topological polar surface area (TPSA) is 29.5 Å². The summed E-state index contributed by atoms with van der Waals surface area (Å²) in [4.78, 5) is 0. The summed E-state index contributed by atoms with van der Waals surface area (Å²) in [7, 11) is -0.329. The molecule has 1 N–H and O–H groups in total. The molecule has 0 aliphatic rings. The second-order valence-electron chi connectivity index (χ2n) is 7.63. The lowest BCUT2D eigenvalue weighted by molar-refractivity contribution is 0.457. The Bertz CT molecular complexity index is 1380. The summed E-state index contributed by atoms with van der Waals surface area (Å²) < 4.78 is 7.98. The summed E-state index contributed by atoms with van der Waals surface area (Å²) in [5.41, 5.74) is 6.45. The molecule has 0 aliphatic heterocycles. The van der Waals surface area contributed by atoms with E-state index in [4.69, 9.17) is 4.65 Å². The Morgan fingerprint density at radius 3 is 2.31 bits per heavy atom. The van der Waals surface area contributed by atoms with E-state index >= 15 is 0 Å². The van der Waals surface area contributed by atoms with Crippen molar-refractivity contribution in [3.8, 4) is 16.9 Å². The van der Waals surface area contributed by atoms with Gasteiger partial charge in [-0.3, -0.25) is 0 Å². The van der Waals surface area contributed by atoms with Gasteiger partial charge < -0.3 is 9.68 Å². The fourth-order valence-electron chi connectivity index (χ4n) is 4.60. The number of hydrogen-bond acceptors (Lipinski definition) is 3. The molecule has 0 bridgehead atoms. The van der Waals surface area contributed by atoms with E-state index in [0.29, 0.717) is 0 Å². The molecule has 0 atom stereocenters. The summed E-state index contributed by atoms with van der Waals surface area (Å²) in [5.74, 6) is 0.741. The molecular formula is C25H21BO2S. The second kappa shape index (κ2) is 6.91. The zero-order chi connectivity index (χ0) is 20.1. The van der Waals surface area contributed by atoms with Crippen molar-refractivity contribution in [2.45, 2.75) is 20.8 Å². The molecular weight excluding hydrogens is 375 g/mol. The van der Waals surface area contributed by atoms with Crippen LogP contribution in [-0.4, -0.2) is 12.7 Å². The number of aryl methyl sites for hydroxylation is 3. The van der Waals surface area contributed by atoms with Gasteiger partial charge in [0.15, 0.2) is 0 Å². The van der Waals surface area contributed by atoms with Crippen LogP contribution in [0, 0.1) is 20.8 Å². The largest absolute Gasteiger partial charge is 0.538 e. The number of hydrogen-bond donors (Lipinski definition) is 1. The van der Waals surface area contributed by atoms with Crippen molar-refractivity contribution < 1.29 is 9.68 Å². The number of fused-ring (bicyclic) bond motifs is 5. The van der Waals surface area contributed by atoms with Crippen LogP contribution in [0.15, 0.2) is 60.7 Å². The molecule has 29 heavy (non-hydrogen) atoms. The van der Waals surface area contributed by atoms with Crippen molar-refractivity contribution in [2.24, 2.45) is 0 Å². The molecule has 0 saturated heterocycles. The maximum atomic E-state index is 9.44. The van der Waals surface area contributed by atoms with E-state index in [-0.39, 0.29) is 7.69 Å². The standard InChI is InChI=1S/C25H21BO2S/c1-14-11-15(2)22(16(3)12-14)19-9-6-10-20-23-18-8-5-4-7-17(18)13-21(28-26-27)25(23)29-24(19)20/h4-13,26-27H,1-3H3. The minimum atomic E-state index is -0.329. The first-order valence-electron chi connectivity index (χ1n) is 9.77. The quantitative estimate of drug-likeness (QED) is 0.356. The minimum absolute atomic E-state index is 0.329. The molecule has 0 fully saturated rings. The van der Waals surface area contributed by atoms with Crippen LogP contribution in [-0.2, 0) is 0 Å². The summed E-state index contributed by atoms with van der Waals surface area (Å²) in [6.07, 6.45) is 0. The third-order valence-corrected chi connectivity index (χ3v) is 6.88. The zero-order valence-corrected chi connectivity index (χ0v) is 17.6. The molecule has 4 aromatic carbocycles. The molecule has 1 aromatic heterocycles. The zero-order valence-electron chi connectivity index (χ0n) is 16.7. The van der Waals surface area contributed by atoms with Gasteiger partial charge in [-0.15, -0.1) is 11.3 Å². The van der Waals surface area contributed by atoms with Crippen molar-refractivity contribution in [1.82, 2.24) is 0 Å². The summed E-state index contributed by atoms with van der Waals surface area (Å²) in [6, 6.07) is 21.5. The smallest absolute Gasteiger partial charge is 0.504 e. The molecule has 0 radical (unpaired) electrons. The van der Waals surface area contributed by atoms with E-state index in [1.165, 1.54) is 48.7 Å². The molecule has 142 valence electrons. The van der Waals surface area contributed by atoms with Gasteiger partial charge >= 0.3 is 7.69 Å². The first-order valence-corrected chi connectivity index (χ1v) is 10.6. The minimum Gasteiger partial charge on any atom is -0.538 e. The van der Waals surface area contributed by atoms with Crippen LogP contribution in [0.3, 0.4) is 0 Å². The van der Waals surface area contributed by atoms with E-state index in [0.717, 1.165) is 15.8 Å². The molecule has 0 spiro atoms. The van der Waals surface area contributed by atoms with Crippen LogP contribution in [0.25, 0.3) is 42.1 Å². The highest BCUT2D eigenvalue weighted by Gasteiger charge is 2.18. The van der Waals surface area contributed by atoms with Gasteiger partial charge in [-0.25, -0.2) is 0 Å². The van der Waals surface area contributed by atoms with Crippen molar-refractivity contribution in [3.63, 3.8) is 0 Å². The lowest BCUT2D eigenvalue weighted by Gasteiger charge is -2.12. The van der Waals surface area contributed by atoms with Crippen molar-refractivity contribution in [3.05, 3.63) is 77.4 Å². The first-order chi connectivity index (χ1) is 14.1. The molecule has 0 unspecified atom stereocenters. The van der Waals surface area contributed by atoms with Crippen LogP contribution >= 0.6 is 11.3 Å². The Morgan fingerprint density at radius 2 is 1.55 bits per heavy atom. The third kappa shape index (κ3) is 2.83. The Balaban J connectivity index is 1.94. The molecule has 5 rings (SSSR count). The van der Waals surface area contributed by atoms with Gasteiger partial charge in [0.2, 0.25) is 0 Å². The predicted octanol–water partition coefficient (Wildman–Crippen LogP) is 6.44. The van der Waals surface area contributed by atoms with E-state index in [1.54, 1.807) is 11.3 Å². The fourth-order valence-corrected chi connectivity index (χ4v) is 5.90. The van der Waals surface area contributed by atoms with Gasteiger partial charge in [-0.1, -0.05) is 60.2 Å². The van der Waals surface area contributed by atoms with Gasteiger partial charge in [0.05, 0.1) is 4.70 Å². The monoisotopic (exact) mass is 396 g/mol. The molecule has 4 heteroatoms. The van der Waals surface area contributed by atoms with Crippen molar-refractivity contribution in [1.29, 1.82) is 0 Å². The Hall–Kier alpha value is -2.82. The maximum absolute atomic E-state index is 9.44. The van der Waals surface area contributed by atoms with Crippen LogP contribution in [0.4, 0.5) is 0 Å². The normalized spacial score (nSPS) is 11.4. The summed E-state index contributed by atoms with van der Waals surface area (Å²) in [5, 5.41) is 14.2. The maximum Gasteiger partial charge on any atom is 0.504 e. The molecule has 0 amide bonds. The average Bonchev–Trinajstić information content (AvgIpc) is 3.09. The molecule has 2 nitrogen and oxygen atoms in total. The number of benzene rings is 4. The van der Waals surface area contributed by atoms with Gasteiger partial charge in [0.25, 0.3) is 0 Å². The number of rotatable bonds is 3. The van der Waals surface area contributed by atoms with E-state index in [9.17, 15) is 5.02 Å². The van der Waals surface area contributed by atoms with Crippen molar-refractivity contribution >= 4 is 50.0 Å². The highest BCUT2D eigenvalue weighted by atomic mass is 32.1. The van der Waals surface area contributed by atoms with Crippen molar-refractivity contribution in [2.75, 3.05) is 0 Å². The average molecular weight is 396 g/mol. The van der Waals surface area contributed by atoms with E-state index < -0.39 is 0 Å². The predicted molar refractivity (Wildman–Crippen MR) is 126 cm³/mol. The van der Waals surface area contributed by atoms with Gasteiger partial charge in [-0.05, 0) is 54.3 Å². The lowest BCUT2D eigenvalue weighted by atomic mass is 9.92. The van der Waals surface area contributed by atoms with Crippen LogP contribution < -0.4 is 4.65 Å². The fraction of sp³-hybridized carbons (Fsp3) is 0.120. The van der Waals surface area contributed by atoms with E-state index in [2.05, 4.69) is 69.3 Å². The summed E-state index contributed by atoms with van der Waals surface area (Å²) in [6.45, 7) is 6.53. The number of thiophene rings is 1. The molecule has 0 aliphatic carbocycles. The van der Waals surface area contributed by atoms with Gasteiger partial charge in [0.1, 0.15) is 5.75 Å². The molecule has 0 saturated carbocycles. The SMILES string of the molecule is Cc1cc(C)c(-c2cccc3c2sc2c(OBO)cc4ccccc4c23)c(C)c1. The lowest BCUT2D eigenvalue weighted by Crippen LogP contribution is -1.99. The Kier molecular flexibility index (Phi) is 4.34. The highest BCUT2D eigenvalue weighted by molar-refractivity contribution is 7.27. The van der Waals surface area contributed by atoms with Gasteiger partial charge in [-0.2, -0.15) is 0 Å². The third-order valence-electron chi connectivity index (χ3n) is 5.62. The Labute approximate surface area is 174 Å². The van der Waals surface area contributed by atoms with Gasteiger partial charge in [0, 0.05) is 21.0 Å². The highest BCUT2D eigenvalue weighted by Crippen LogP contribution is 2.47. The van der Waals surface area contributed by atoms with Crippen LogP contribution in [0.5, 0.6) is 5.75 Å². The summed E-state index contributed by atoms with van der Waals surface area (Å²) >= 11 is 1.75. The first kappa shape index (κ1) is 18.2. The van der Waals surface area contributed by atoms with Crippen LogP contribution in [0.1, 0.15) is 16.7 Å². The van der Waals surface area contributed by atoms with Crippen LogP contribution in [0.2, 0.25) is 0 Å². The van der Waals surface area contributed by atoms with E-state index in [1.807, 2.05) is 12.1 Å². The molecule has 5 aromatic rings.